The van der Waals surface area contributed by atoms with Gasteiger partial charge in [0.15, 0.2) is 23.7 Å². The van der Waals surface area contributed by atoms with Gasteiger partial charge in [-0.3, -0.25) is 13.9 Å². The fourth-order valence-corrected chi connectivity index (χ4v) is 4.34. The molecular formula is C23H29FN5O9P. The molecule has 1 amide bonds. The van der Waals surface area contributed by atoms with Crippen LogP contribution in [0.2, 0.25) is 0 Å². The number of nitrogens with one attached hydrogen (secondary N) is 1. The van der Waals surface area contributed by atoms with Crippen LogP contribution in [0.4, 0.5) is 10.2 Å². The maximum Gasteiger partial charge on any atom is 0.395 e. The van der Waals surface area contributed by atoms with Crippen LogP contribution in [-0.2, 0) is 14.3 Å². The maximum absolute atomic E-state index is 15.6. The molecule has 2 heterocycles. The van der Waals surface area contributed by atoms with Crippen LogP contribution < -0.4 is 25.2 Å². The summed E-state index contributed by atoms with van der Waals surface area (Å²) >= 11 is 0. The van der Waals surface area contributed by atoms with E-state index in [4.69, 9.17) is 19.1 Å². The number of hydrogen-bond acceptors (Lipinski definition) is 11. The molecule has 1 aromatic heterocycles. The first-order valence-electron chi connectivity index (χ1n) is 11.7. The van der Waals surface area contributed by atoms with Crippen LogP contribution >= 0.6 is 8.17 Å². The van der Waals surface area contributed by atoms with Crippen molar-refractivity contribution in [1.29, 1.82) is 0 Å². The van der Waals surface area contributed by atoms with E-state index in [0.717, 1.165) is 11.5 Å². The smallest absolute Gasteiger partial charge is 0.395 e. The second kappa shape index (κ2) is 12.6. The van der Waals surface area contributed by atoms with Gasteiger partial charge in [-0.05, 0) is 46.1 Å². The van der Waals surface area contributed by atoms with E-state index in [1.54, 1.807) is 31.1 Å². The number of benzene rings is 1. The number of carbonyl (C=O) groups excluding carboxylic acids is 1. The molecule has 14 nitrogen and oxygen atoms in total. The standard InChI is InChI=1S/C23H29FN5O9P/c1-13(20(32)33)27-39(35)38-15-8-6-5-7-14(15)36-12-16-19(31)23(2,24)21(37-16)29-10-9-17(26-22(29)34)25-18(30)11-28(3)4/h5-10,13,16,19,21,31H,11-12H2,1-4H3,(H,32,33)(H,25,26,30,34)/t13-,16+,19+,21+,23+/m0/s1. The van der Waals surface area contributed by atoms with Gasteiger partial charge in [0, 0.05) is 6.20 Å². The fraction of sp³-hybridized carbons (Fsp3) is 0.478. The quantitative estimate of drug-likeness (QED) is 0.320. The first-order chi connectivity index (χ1) is 18.3. The van der Waals surface area contributed by atoms with Gasteiger partial charge in [0.2, 0.25) is 11.7 Å². The predicted octanol–water partition coefficient (Wildman–Crippen LogP) is 0.517. The summed E-state index contributed by atoms with van der Waals surface area (Å²) in [6, 6.07) is 6.02. The minimum absolute atomic E-state index is 0.0264. The van der Waals surface area contributed by atoms with Gasteiger partial charge in [-0.2, -0.15) is 4.98 Å². The third kappa shape index (κ3) is 7.55. The number of amides is 1. The highest BCUT2D eigenvalue weighted by Gasteiger charge is 2.55. The van der Waals surface area contributed by atoms with Gasteiger partial charge in [-0.25, -0.2) is 14.0 Å². The minimum atomic E-state index is -2.74. The van der Waals surface area contributed by atoms with Crippen molar-refractivity contribution >= 4 is 25.9 Å². The number of aliphatic carboxylic acids is 1. The molecule has 3 rings (SSSR count). The zero-order valence-corrected chi connectivity index (χ0v) is 22.4. The number of anilines is 1. The number of carboxylic acid groups (broad SMARTS) is 1. The molecule has 0 bridgehead atoms. The van der Waals surface area contributed by atoms with Crippen molar-refractivity contribution in [1.82, 2.24) is 14.5 Å². The van der Waals surface area contributed by atoms with E-state index in [0.29, 0.717) is 0 Å². The van der Waals surface area contributed by atoms with E-state index in [2.05, 4.69) is 15.0 Å². The Morgan fingerprint density at radius 2 is 2.03 bits per heavy atom. The number of likely N-dealkylation sites (N-methyl/N-ethyl adjacent to an activating group) is 1. The molecule has 1 saturated heterocycles. The van der Waals surface area contributed by atoms with Crippen molar-refractivity contribution in [2.45, 2.75) is 44.0 Å². The molecule has 39 heavy (non-hydrogen) atoms. The van der Waals surface area contributed by atoms with Gasteiger partial charge in [0.05, 0.1) is 6.54 Å². The van der Waals surface area contributed by atoms with E-state index in [1.165, 1.54) is 31.3 Å². The average molecular weight is 569 g/mol. The summed E-state index contributed by atoms with van der Waals surface area (Å²) < 4.78 is 36.4. The lowest BCUT2D eigenvalue weighted by Crippen LogP contribution is -2.43. The first-order valence-corrected chi connectivity index (χ1v) is 12.8. The number of rotatable bonds is 11. The molecule has 0 spiro atoms. The molecule has 6 atom stereocenters. The first kappa shape index (κ1) is 30.1. The number of carbonyl (C=O) groups is 2. The normalized spacial score (nSPS) is 23.9. The summed E-state index contributed by atoms with van der Waals surface area (Å²) in [6.45, 7) is 1.97. The summed E-state index contributed by atoms with van der Waals surface area (Å²) in [5, 5.41) is 22.0. The number of alkyl halides is 1. The summed E-state index contributed by atoms with van der Waals surface area (Å²) in [6.07, 6.45) is -3.33. The van der Waals surface area contributed by atoms with Crippen LogP contribution in [0.25, 0.3) is 0 Å². The summed E-state index contributed by atoms with van der Waals surface area (Å²) in [7, 11) is 0.648. The van der Waals surface area contributed by atoms with Gasteiger partial charge in [-0.1, -0.05) is 16.9 Å². The molecule has 0 saturated carbocycles. The number of ether oxygens (including phenoxy) is 2. The molecule has 212 valence electrons. The molecule has 1 aromatic carbocycles. The summed E-state index contributed by atoms with van der Waals surface area (Å²) in [5.74, 6) is -1.68. The molecule has 1 unspecified atom stereocenters. The Labute approximate surface area is 223 Å². The molecule has 0 radical (unpaired) electrons. The van der Waals surface area contributed by atoms with Gasteiger partial charge < -0.3 is 34.8 Å². The SMILES string of the molecule is C[C@H](N=[P+]([O-])Oc1ccccc1OC[C@H]1O[C@@H](n2ccc(NC(=O)CN(C)C)nc2=O)[C@](C)(F)[C@@H]1O)C(=O)O. The van der Waals surface area contributed by atoms with Crippen LogP contribution in [0, 0.1) is 0 Å². The second-order valence-corrected chi connectivity index (χ2v) is 10.0. The van der Waals surface area contributed by atoms with Gasteiger partial charge in [0.25, 0.3) is 0 Å². The average Bonchev–Trinajstić information content (AvgIpc) is 3.06. The number of para-hydroxylation sites is 2. The Balaban J connectivity index is 1.72. The fourth-order valence-electron chi connectivity index (χ4n) is 3.60. The highest BCUT2D eigenvalue weighted by molar-refractivity contribution is 7.34. The zero-order chi connectivity index (χ0) is 28.9. The van der Waals surface area contributed by atoms with E-state index in [9.17, 15) is 24.4 Å². The third-order valence-corrected chi connectivity index (χ3v) is 6.47. The molecule has 1 aliphatic rings. The van der Waals surface area contributed by atoms with Crippen molar-refractivity contribution in [2.75, 3.05) is 32.6 Å². The Morgan fingerprint density at radius 3 is 2.64 bits per heavy atom. The third-order valence-electron chi connectivity index (χ3n) is 5.58. The Bertz CT molecular complexity index is 1290. The van der Waals surface area contributed by atoms with Gasteiger partial charge in [0.1, 0.15) is 24.6 Å². The zero-order valence-electron chi connectivity index (χ0n) is 21.6. The summed E-state index contributed by atoms with van der Waals surface area (Å²) in [5.41, 5.74) is -3.34. The van der Waals surface area contributed by atoms with Crippen molar-refractivity contribution < 1.29 is 43.1 Å². The topological polar surface area (TPSA) is 188 Å². The largest absolute Gasteiger partial charge is 0.575 e. The van der Waals surface area contributed by atoms with E-state index in [-0.39, 0.29) is 23.9 Å². The molecule has 1 aliphatic heterocycles. The van der Waals surface area contributed by atoms with Gasteiger partial charge in [-0.15, -0.1) is 0 Å². The number of nitrogens with zero attached hydrogens (tertiary/aromatic N) is 4. The maximum atomic E-state index is 15.6. The lowest BCUT2D eigenvalue weighted by molar-refractivity contribution is -0.169. The molecule has 2 aromatic rings. The number of halogens is 1. The molecule has 16 heteroatoms. The van der Waals surface area contributed by atoms with Crippen molar-refractivity contribution in [3.63, 3.8) is 0 Å². The monoisotopic (exact) mass is 569 g/mol. The molecule has 1 fully saturated rings. The number of carboxylic acids is 1. The molecule has 3 N–H and O–H groups in total. The Morgan fingerprint density at radius 1 is 1.36 bits per heavy atom. The number of aromatic nitrogens is 2. The highest BCUT2D eigenvalue weighted by Crippen LogP contribution is 2.41. The van der Waals surface area contributed by atoms with Gasteiger partial charge >= 0.3 is 19.8 Å². The molecule has 0 aliphatic carbocycles. The predicted molar refractivity (Wildman–Crippen MR) is 134 cm³/mol. The number of aliphatic hydroxyl groups excluding tert-OH is 1. The van der Waals surface area contributed by atoms with Crippen LogP contribution in [0.3, 0.4) is 0 Å². The molecular weight excluding hydrogens is 540 g/mol. The van der Waals surface area contributed by atoms with Crippen LogP contribution in [0.15, 0.2) is 46.1 Å². The Hall–Kier alpha value is -3.49. The van der Waals surface area contributed by atoms with Crippen LogP contribution in [0.5, 0.6) is 11.5 Å². The van der Waals surface area contributed by atoms with Crippen LogP contribution in [-0.4, -0.2) is 87.7 Å². The van der Waals surface area contributed by atoms with Crippen molar-refractivity contribution in [3.05, 3.63) is 47.0 Å². The highest BCUT2D eigenvalue weighted by atomic mass is 31.1. The lowest BCUT2D eigenvalue weighted by atomic mass is 9.98. The van der Waals surface area contributed by atoms with E-state index in [1.807, 2.05) is 0 Å². The second-order valence-electron chi connectivity index (χ2n) is 9.13. The lowest BCUT2D eigenvalue weighted by Gasteiger charge is -2.24. The van der Waals surface area contributed by atoms with E-state index < -0.39 is 62.5 Å². The van der Waals surface area contributed by atoms with Crippen LogP contribution in [0.1, 0.15) is 20.1 Å². The minimum Gasteiger partial charge on any atom is -0.575 e. The van der Waals surface area contributed by atoms with E-state index >= 15 is 4.39 Å². The number of hydrogen-bond donors (Lipinski definition) is 3. The summed E-state index contributed by atoms with van der Waals surface area (Å²) in [4.78, 5) is 52.9. The van der Waals surface area contributed by atoms with Crippen molar-refractivity contribution in [2.24, 2.45) is 4.74 Å². The van der Waals surface area contributed by atoms with Crippen molar-refractivity contribution in [3.8, 4) is 11.5 Å². The number of aliphatic hydroxyl groups is 1. The Kier molecular flexibility index (Phi) is 9.69.